The third-order valence-corrected chi connectivity index (χ3v) is 5.54. The van der Waals surface area contributed by atoms with E-state index in [-0.39, 0.29) is 12.5 Å². The van der Waals surface area contributed by atoms with Crippen molar-refractivity contribution in [3.8, 4) is 0 Å². The van der Waals surface area contributed by atoms with E-state index < -0.39 is 28.0 Å². The van der Waals surface area contributed by atoms with Crippen LogP contribution >= 0.6 is 0 Å². The molecule has 0 radical (unpaired) electrons. The molecule has 0 unspecified atom stereocenters. The van der Waals surface area contributed by atoms with Gasteiger partial charge in [0.05, 0.1) is 12.2 Å². The van der Waals surface area contributed by atoms with Gasteiger partial charge in [0.1, 0.15) is 6.04 Å². The largest absolute Gasteiger partial charge is 0.480 e. The summed E-state index contributed by atoms with van der Waals surface area (Å²) in [5.74, 6) is -1.61. The molecule has 0 aromatic carbocycles. The highest BCUT2D eigenvalue weighted by Gasteiger charge is 2.38. The number of aliphatic carboxylic acids is 1. The Labute approximate surface area is 125 Å². The molecule has 0 saturated carbocycles. The highest BCUT2D eigenvalue weighted by atomic mass is 32.2. The van der Waals surface area contributed by atoms with Gasteiger partial charge in [-0.25, -0.2) is 17.5 Å². The van der Waals surface area contributed by atoms with Gasteiger partial charge in [0.25, 0.3) is 0 Å². The van der Waals surface area contributed by atoms with E-state index in [1.54, 1.807) is 0 Å². The van der Waals surface area contributed by atoms with E-state index in [1.807, 2.05) is 0 Å². The van der Waals surface area contributed by atoms with Gasteiger partial charge in [0.2, 0.25) is 15.9 Å². The summed E-state index contributed by atoms with van der Waals surface area (Å²) in [7, 11) is -3.31. The van der Waals surface area contributed by atoms with Gasteiger partial charge in [-0.1, -0.05) is 0 Å². The molecule has 2 saturated heterocycles. The van der Waals surface area contributed by atoms with Crippen LogP contribution in [0.25, 0.3) is 0 Å². The van der Waals surface area contributed by atoms with E-state index in [0.29, 0.717) is 32.4 Å². The number of piperidine rings is 2. The lowest BCUT2D eigenvalue weighted by molar-refractivity contribution is -0.154. The Balaban J connectivity index is 2.09. The number of hydrogen-bond acceptors (Lipinski definition) is 4. The van der Waals surface area contributed by atoms with Crippen LogP contribution in [0.2, 0.25) is 0 Å². The zero-order valence-corrected chi connectivity index (χ0v) is 13.0. The van der Waals surface area contributed by atoms with Crippen molar-refractivity contribution in [2.45, 2.75) is 38.1 Å². The molecular weight excluding hydrogens is 296 g/mol. The van der Waals surface area contributed by atoms with Crippen molar-refractivity contribution in [1.29, 1.82) is 0 Å². The van der Waals surface area contributed by atoms with Crippen LogP contribution < -0.4 is 0 Å². The SMILES string of the molecule is CS(=O)(=O)N1CCC[C@@H](C(=O)N2CCCC[C@@H]2C(=O)O)C1. The number of carboxylic acids is 1. The van der Waals surface area contributed by atoms with Crippen molar-refractivity contribution in [2.24, 2.45) is 5.92 Å². The number of amides is 1. The third-order valence-electron chi connectivity index (χ3n) is 4.27. The maximum absolute atomic E-state index is 12.6. The lowest BCUT2D eigenvalue weighted by Crippen LogP contribution is -2.53. The minimum absolute atomic E-state index is 0.167. The fourth-order valence-corrected chi connectivity index (χ4v) is 4.04. The molecule has 0 aromatic heterocycles. The fraction of sp³-hybridized carbons (Fsp3) is 0.846. The summed E-state index contributed by atoms with van der Waals surface area (Å²) >= 11 is 0. The molecule has 2 atom stereocenters. The normalized spacial score (nSPS) is 28.3. The molecule has 1 N–H and O–H groups in total. The van der Waals surface area contributed by atoms with Gasteiger partial charge < -0.3 is 10.0 Å². The van der Waals surface area contributed by atoms with Crippen LogP contribution in [0.1, 0.15) is 32.1 Å². The van der Waals surface area contributed by atoms with Gasteiger partial charge in [-0.05, 0) is 32.1 Å². The first-order valence-electron chi connectivity index (χ1n) is 7.29. The maximum Gasteiger partial charge on any atom is 0.326 e. The fourth-order valence-electron chi connectivity index (χ4n) is 3.13. The number of carbonyl (C=O) groups excluding carboxylic acids is 1. The van der Waals surface area contributed by atoms with Crippen molar-refractivity contribution in [3.63, 3.8) is 0 Å². The van der Waals surface area contributed by atoms with Crippen LogP contribution in [-0.4, -0.2) is 66.5 Å². The Kier molecular flexibility index (Phi) is 4.88. The minimum Gasteiger partial charge on any atom is -0.480 e. The molecule has 0 bridgehead atoms. The first kappa shape index (κ1) is 16.2. The molecule has 0 aliphatic carbocycles. The van der Waals surface area contributed by atoms with Gasteiger partial charge in [-0.2, -0.15) is 0 Å². The topological polar surface area (TPSA) is 95.0 Å². The third kappa shape index (κ3) is 3.74. The van der Waals surface area contributed by atoms with Crippen LogP contribution in [-0.2, 0) is 19.6 Å². The number of hydrogen-bond donors (Lipinski definition) is 1. The highest BCUT2D eigenvalue weighted by molar-refractivity contribution is 7.88. The van der Waals surface area contributed by atoms with Crippen LogP contribution in [0, 0.1) is 5.92 Å². The lowest BCUT2D eigenvalue weighted by atomic mass is 9.94. The van der Waals surface area contributed by atoms with E-state index in [4.69, 9.17) is 0 Å². The molecule has 21 heavy (non-hydrogen) atoms. The van der Waals surface area contributed by atoms with Crippen molar-refractivity contribution >= 4 is 21.9 Å². The van der Waals surface area contributed by atoms with Gasteiger partial charge >= 0.3 is 5.97 Å². The first-order chi connectivity index (χ1) is 9.80. The standard InChI is InChI=1S/C13H22N2O5S/c1-21(19,20)14-7-4-5-10(9-14)12(16)15-8-3-2-6-11(15)13(17)18/h10-11H,2-9H2,1H3,(H,17,18)/t10-,11-/m1/s1. The first-order valence-corrected chi connectivity index (χ1v) is 9.14. The number of carbonyl (C=O) groups is 2. The van der Waals surface area contributed by atoms with Crippen LogP contribution in [0.3, 0.4) is 0 Å². The van der Waals surface area contributed by atoms with E-state index in [1.165, 1.54) is 9.21 Å². The zero-order chi connectivity index (χ0) is 15.6. The summed E-state index contributed by atoms with van der Waals surface area (Å²) in [6, 6.07) is -0.764. The molecule has 120 valence electrons. The van der Waals surface area contributed by atoms with Crippen LogP contribution in [0.5, 0.6) is 0 Å². The zero-order valence-electron chi connectivity index (χ0n) is 12.2. The molecule has 2 aliphatic rings. The Bertz CT molecular complexity index is 519. The van der Waals surface area contributed by atoms with E-state index >= 15 is 0 Å². The average molecular weight is 318 g/mol. The Morgan fingerprint density at radius 2 is 1.81 bits per heavy atom. The molecule has 0 spiro atoms. The van der Waals surface area contributed by atoms with E-state index in [0.717, 1.165) is 19.1 Å². The van der Waals surface area contributed by atoms with Gasteiger partial charge in [0.15, 0.2) is 0 Å². The Morgan fingerprint density at radius 1 is 1.10 bits per heavy atom. The average Bonchev–Trinajstić information content (AvgIpc) is 2.45. The number of nitrogens with zero attached hydrogens (tertiary/aromatic N) is 2. The Morgan fingerprint density at radius 3 is 2.43 bits per heavy atom. The summed E-state index contributed by atoms with van der Waals surface area (Å²) in [5.41, 5.74) is 0. The Hall–Kier alpha value is -1.15. The second kappa shape index (κ2) is 6.31. The summed E-state index contributed by atoms with van der Waals surface area (Å²) in [4.78, 5) is 25.3. The summed E-state index contributed by atoms with van der Waals surface area (Å²) in [5, 5.41) is 9.24. The quantitative estimate of drug-likeness (QED) is 0.798. The minimum atomic E-state index is -3.31. The molecule has 0 aromatic rings. The molecule has 7 nitrogen and oxygen atoms in total. The predicted octanol–water partition coefficient (Wildman–Crippen LogP) is 0.124. The monoisotopic (exact) mass is 318 g/mol. The van der Waals surface area contributed by atoms with Crippen LogP contribution in [0.15, 0.2) is 0 Å². The highest BCUT2D eigenvalue weighted by Crippen LogP contribution is 2.25. The summed E-state index contributed by atoms with van der Waals surface area (Å²) < 4.78 is 24.5. The van der Waals surface area contributed by atoms with Crippen molar-refractivity contribution in [3.05, 3.63) is 0 Å². The van der Waals surface area contributed by atoms with E-state index in [2.05, 4.69) is 0 Å². The number of likely N-dealkylation sites (tertiary alicyclic amines) is 1. The molecule has 1 amide bonds. The predicted molar refractivity (Wildman–Crippen MR) is 76.1 cm³/mol. The molecule has 2 rings (SSSR count). The van der Waals surface area contributed by atoms with E-state index in [9.17, 15) is 23.1 Å². The number of sulfonamides is 1. The molecule has 2 fully saturated rings. The summed E-state index contributed by atoms with van der Waals surface area (Å²) in [6.07, 6.45) is 4.48. The smallest absolute Gasteiger partial charge is 0.326 e. The molecule has 2 heterocycles. The van der Waals surface area contributed by atoms with Crippen LogP contribution in [0.4, 0.5) is 0 Å². The number of rotatable bonds is 3. The summed E-state index contributed by atoms with van der Waals surface area (Å²) in [6.45, 7) is 1.05. The molecule has 2 aliphatic heterocycles. The van der Waals surface area contributed by atoms with Crippen molar-refractivity contribution in [1.82, 2.24) is 9.21 Å². The second-order valence-electron chi connectivity index (χ2n) is 5.84. The van der Waals surface area contributed by atoms with Gasteiger partial charge in [-0.15, -0.1) is 0 Å². The molecular formula is C13H22N2O5S. The van der Waals surface area contributed by atoms with Gasteiger partial charge in [-0.3, -0.25) is 4.79 Å². The maximum atomic E-state index is 12.6. The second-order valence-corrected chi connectivity index (χ2v) is 7.82. The lowest BCUT2D eigenvalue weighted by Gasteiger charge is -2.38. The molecule has 8 heteroatoms. The van der Waals surface area contributed by atoms with Crippen molar-refractivity contribution in [2.75, 3.05) is 25.9 Å². The number of carboxylic acid groups (broad SMARTS) is 1. The van der Waals surface area contributed by atoms with Gasteiger partial charge in [0, 0.05) is 19.6 Å². The van der Waals surface area contributed by atoms with Crippen molar-refractivity contribution < 1.29 is 23.1 Å².